The minimum atomic E-state index is -0.537. The zero-order chi connectivity index (χ0) is 52.4. The molecule has 0 radical (unpaired) electrons. The standard InChI is InChI=1S/C60H109N3O9/c1-7-13-17-21-25-35-48-69-58(70-49-36-26-22-18-14-8-2)42-32-31-40-56(64)63-53-54(52-55(63)60(66)61-44-45-62(11-5)12-6)67-46-33-29-30-34-47-68-57(65)41-39-43-59(71-50-37-27-23-19-15-9-3)72-51-38-28-24-20-16-10-4/h13-20,54-55,58-59H,7-12,21-53H2,1-6H3,(H,61,66)/b17-13-,18-14-,19-15-,20-16-. The predicted octanol–water partition coefficient (Wildman–Crippen LogP) is 13.5. The number of allylic oxidation sites excluding steroid dienone is 8. The van der Waals surface area contributed by atoms with Crippen molar-refractivity contribution in [3.8, 4) is 0 Å². The Balaban J connectivity index is 2.56. The van der Waals surface area contributed by atoms with Crippen LogP contribution >= 0.6 is 0 Å². The summed E-state index contributed by atoms with van der Waals surface area (Å²) >= 11 is 0. The van der Waals surface area contributed by atoms with Crippen LogP contribution in [0.1, 0.15) is 221 Å². The SMILES string of the molecule is CC/C=C\CCCCOC(CCCCC(=O)N1CC(OCCCCCCOC(=O)CCCC(OCCCC/C=C\CC)OCCCC/C=C\CC)CC1C(=O)NCCN(CC)CC)OCCCC/C=C\CC. The predicted molar refractivity (Wildman–Crippen MR) is 297 cm³/mol. The Morgan fingerprint density at radius 1 is 0.528 bits per heavy atom. The number of hydrogen-bond donors (Lipinski definition) is 1. The van der Waals surface area contributed by atoms with Crippen molar-refractivity contribution in [2.75, 3.05) is 72.4 Å². The molecule has 72 heavy (non-hydrogen) atoms. The third kappa shape index (κ3) is 38.7. The Morgan fingerprint density at radius 2 is 0.986 bits per heavy atom. The van der Waals surface area contributed by atoms with Crippen LogP contribution in [0.15, 0.2) is 48.6 Å². The van der Waals surface area contributed by atoms with Crippen LogP contribution in [-0.4, -0.2) is 125 Å². The Morgan fingerprint density at radius 3 is 1.46 bits per heavy atom. The highest BCUT2D eigenvalue weighted by Crippen LogP contribution is 2.24. The molecule has 0 bridgehead atoms. The van der Waals surface area contributed by atoms with Crippen LogP contribution in [0.2, 0.25) is 0 Å². The van der Waals surface area contributed by atoms with E-state index in [0.717, 1.165) is 161 Å². The van der Waals surface area contributed by atoms with Gasteiger partial charge in [-0.3, -0.25) is 14.4 Å². The Labute approximate surface area is 441 Å². The van der Waals surface area contributed by atoms with Gasteiger partial charge in [0.25, 0.3) is 0 Å². The number of nitrogens with zero attached hydrogens (tertiary/aromatic N) is 2. The average molecular weight is 1020 g/mol. The summed E-state index contributed by atoms with van der Waals surface area (Å²) in [6, 6.07) is -0.537. The molecule has 0 aromatic carbocycles. The number of likely N-dealkylation sites (tertiary alicyclic amines) is 1. The number of esters is 1. The highest BCUT2D eigenvalue weighted by Gasteiger charge is 2.39. The molecular formula is C60H109N3O9. The van der Waals surface area contributed by atoms with Gasteiger partial charge in [0, 0.05) is 71.9 Å². The number of ether oxygens (including phenoxy) is 6. The van der Waals surface area contributed by atoms with Gasteiger partial charge >= 0.3 is 5.97 Å². The molecule has 1 saturated heterocycles. The van der Waals surface area contributed by atoms with Crippen molar-refractivity contribution in [3.05, 3.63) is 48.6 Å². The fourth-order valence-electron chi connectivity index (χ4n) is 8.53. The van der Waals surface area contributed by atoms with Crippen molar-refractivity contribution < 1.29 is 42.8 Å². The number of likely N-dealkylation sites (N-methyl/N-ethyl adjacent to an activating group) is 1. The van der Waals surface area contributed by atoms with Gasteiger partial charge in [-0.15, -0.1) is 0 Å². The first-order chi connectivity index (χ1) is 35.3. The van der Waals surface area contributed by atoms with Crippen LogP contribution in [0, 0.1) is 0 Å². The Hall–Kier alpha value is -2.87. The lowest BCUT2D eigenvalue weighted by molar-refractivity contribution is -0.152. The summed E-state index contributed by atoms with van der Waals surface area (Å²) in [5.41, 5.74) is 0. The monoisotopic (exact) mass is 1020 g/mol. The van der Waals surface area contributed by atoms with E-state index >= 15 is 0 Å². The molecule has 0 spiro atoms. The molecule has 0 aromatic heterocycles. The van der Waals surface area contributed by atoms with Crippen molar-refractivity contribution in [1.29, 1.82) is 0 Å². The molecule has 0 saturated carbocycles. The van der Waals surface area contributed by atoms with E-state index in [-0.39, 0.29) is 36.5 Å². The summed E-state index contributed by atoms with van der Waals surface area (Å²) in [7, 11) is 0. The average Bonchev–Trinajstić information content (AvgIpc) is 3.82. The van der Waals surface area contributed by atoms with E-state index < -0.39 is 6.04 Å². The lowest BCUT2D eigenvalue weighted by Crippen LogP contribution is -2.47. The van der Waals surface area contributed by atoms with Crippen LogP contribution in [0.5, 0.6) is 0 Å². The summed E-state index contributed by atoms with van der Waals surface area (Å²) < 4.78 is 36.6. The first kappa shape index (κ1) is 67.1. The van der Waals surface area contributed by atoms with Crippen molar-refractivity contribution in [2.45, 2.75) is 246 Å². The van der Waals surface area contributed by atoms with E-state index in [1.54, 1.807) is 4.90 Å². The van der Waals surface area contributed by atoms with Crippen molar-refractivity contribution >= 4 is 17.8 Å². The van der Waals surface area contributed by atoms with Gasteiger partial charge < -0.3 is 43.5 Å². The minimum absolute atomic E-state index is 0.00255. The van der Waals surface area contributed by atoms with Crippen LogP contribution in [0.4, 0.5) is 0 Å². The molecule has 2 amide bonds. The second kappa shape index (κ2) is 50.3. The molecular weight excluding hydrogens is 907 g/mol. The maximum atomic E-state index is 13.8. The van der Waals surface area contributed by atoms with E-state index in [4.69, 9.17) is 28.4 Å². The van der Waals surface area contributed by atoms with Crippen molar-refractivity contribution in [3.63, 3.8) is 0 Å². The van der Waals surface area contributed by atoms with E-state index in [0.29, 0.717) is 91.3 Å². The lowest BCUT2D eigenvalue weighted by atomic mass is 10.1. The first-order valence-corrected chi connectivity index (χ1v) is 29.5. The summed E-state index contributed by atoms with van der Waals surface area (Å²) in [4.78, 5) is 44.0. The van der Waals surface area contributed by atoms with Crippen LogP contribution in [0.25, 0.3) is 0 Å². The van der Waals surface area contributed by atoms with Gasteiger partial charge in [0.2, 0.25) is 11.8 Å². The smallest absolute Gasteiger partial charge is 0.305 e. The molecule has 2 atom stereocenters. The number of hydrogen-bond acceptors (Lipinski definition) is 10. The molecule has 12 nitrogen and oxygen atoms in total. The van der Waals surface area contributed by atoms with Gasteiger partial charge in [0.15, 0.2) is 12.6 Å². The Kier molecular flexibility index (Phi) is 46.9. The third-order valence-electron chi connectivity index (χ3n) is 12.9. The van der Waals surface area contributed by atoms with Crippen molar-refractivity contribution in [1.82, 2.24) is 15.1 Å². The minimum Gasteiger partial charge on any atom is -0.466 e. The fourth-order valence-corrected chi connectivity index (χ4v) is 8.53. The van der Waals surface area contributed by atoms with Crippen LogP contribution < -0.4 is 5.32 Å². The third-order valence-corrected chi connectivity index (χ3v) is 12.9. The number of unbranched alkanes of at least 4 members (excludes halogenated alkanes) is 12. The number of rotatable bonds is 51. The van der Waals surface area contributed by atoms with Gasteiger partial charge in [-0.25, -0.2) is 0 Å². The number of carbonyl (C=O) groups is 3. The zero-order valence-electron chi connectivity index (χ0n) is 47.1. The maximum absolute atomic E-state index is 13.8. The molecule has 1 N–H and O–H groups in total. The molecule has 0 aliphatic carbocycles. The molecule has 418 valence electrons. The highest BCUT2D eigenvalue weighted by molar-refractivity contribution is 5.88. The second-order valence-corrected chi connectivity index (χ2v) is 19.2. The van der Waals surface area contributed by atoms with Crippen LogP contribution in [-0.2, 0) is 42.8 Å². The van der Waals surface area contributed by atoms with E-state index in [1.807, 2.05) is 0 Å². The summed E-state index contributed by atoms with van der Waals surface area (Å²) in [6.07, 6.45) is 42.3. The molecule has 1 aliphatic heterocycles. The molecule has 1 heterocycles. The lowest BCUT2D eigenvalue weighted by Gasteiger charge is -2.25. The Bertz CT molecular complexity index is 1340. The van der Waals surface area contributed by atoms with Gasteiger partial charge in [-0.1, -0.05) is 96.6 Å². The molecule has 1 aliphatic rings. The second-order valence-electron chi connectivity index (χ2n) is 19.2. The zero-order valence-corrected chi connectivity index (χ0v) is 47.1. The molecule has 1 rings (SSSR count). The number of nitrogens with one attached hydrogen (secondary N) is 1. The quantitative estimate of drug-likeness (QED) is 0.0272. The van der Waals surface area contributed by atoms with E-state index in [9.17, 15) is 14.4 Å². The number of carbonyl (C=O) groups excluding carboxylic acids is 3. The molecule has 0 aromatic rings. The van der Waals surface area contributed by atoms with Gasteiger partial charge in [0.05, 0.1) is 12.7 Å². The van der Waals surface area contributed by atoms with E-state index in [1.165, 1.54) is 0 Å². The van der Waals surface area contributed by atoms with Crippen LogP contribution in [0.3, 0.4) is 0 Å². The van der Waals surface area contributed by atoms with E-state index in [2.05, 4.69) is 100 Å². The topological polar surface area (TPSA) is 125 Å². The largest absolute Gasteiger partial charge is 0.466 e. The molecule has 2 unspecified atom stereocenters. The summed E-state index contributed by atoms with van der Waals surface area (Å²) in [5.74, 6) is -0.267. The van der Waals surface area contributed by atoms with Crippen molar-refractivity contribution in [2.24, 2.45) is 0 Å². The summed E-state index contributed by atoms with van der Waals surface area (Å²) in [5, 5.41) is 3.12. The summed E-state index contributed by atoms with van der Waals surface area (Å²) in [6.45, 7) is 20.1. The first-order valence-electron chi connectivity index (χ1n) is 29.5. The highest BCUT2D eigenvalue weighted by atomic mass is 16.7. The number of amides is 2. The van der Waals surface area contributed by atoms with Gasteiger partial charge in [-0.2, -0.15) is 0 Å². The maximum Gasteiger partial charge on any atom is 0.305 e. The molecule has 12 heteroatoms. The van der Waals surface area contributed by atoms with Gasteiger partial charge in [-0.05, 0) is 167 Å². The van der Waals surface area contributed by atoms with Gasteiger partial charge in [0.1, 0.15) is 6.04 Å². The fraction of sp³-hybridized carbons (Fsp3) is 0.817. The molecule has 1 fully saturated rings. The normalized spacial score (nSPS) is 15.4.